The van der Waals surface area contributed by atoms with Crippen LogP contribution in [0, 0.1) is 0 Å². The lowest BCUT2D eigenvalue weighted by molar-refractivity contribution is 0.157. The van der Waals surface area contributed by atoms with Crippen LogP contribution < -0.4 is 5.73 Å². The smallest absolute Gasteiger partial charge is 0.0662 e. The summed E-state index contributed by atoms with van der Waals surface area (Å²) in [5.74, 6) is 0. The zero-order valence-electron chi connectivity index (χ0n) is 9.13. The summed E-state index contributed by atoms with van der Waals surface area (Å²) in [5, 5.41) is 9.14. The molecule has 3 N–H and O–H groups in total. The Balaban J connectivity index is 3.07. The van der Waals surface area contributed by atoms with Crippen molar-refractivity contribution in [2.75, 3.05) is 0 Å². The molecule has 80 valence electrons. The molecule has 2 nitrogen and oxygen atoms in total. The van der Waals surface area contributed by atoms with E-state index in [0.29, 0.717) is 0 Å². The quantitative estimate of drug-likeness (QED) is 0.573. The topological polar surface area (TPSA) is 46.2 Å². The van der Waals surface area contributed by atoms with Gasteiger partial charge in [-0.25, -0.2) is 0 Å². The normalized spacial score (nSPS) is 15.7. The van der Waals surface area contributed by atoms with Crippen molar-refractivity contribution in [3.05, 3.63) is 0 Å². The van der Waals surface area contributed by atoms with Crippen molar-refractivity contribution in [2.45, 2.75) is 70.9 Å². The maximum absolute atomic E-state index is 9.14. The van der Waals surface area contributed by atoms with Gasteiger partial charge in [0.05, 0.1) is 6.10 Å². The lowest BCUT2D eigenvalue weighted by Gasteiger charge is -2.13. The largest absolute Gasteiger partial charge is 0.392 e. The lowest BCUT2D eigenvalue weighted by Crippen LogP contribution is -2.31. The summed E-state index contributed by atoms with van der Waals surface area (Å²) < 4.78 is 0. The van der Waals surface area contributed by atoms with E-state index in [2.05, 4.69) is 6.92 Å². The van der Waals surface area contributed by atoms with E-state index in [1.165, 1.54) is 32.1 Å². The van der Waals surface area contributed by atoms with Crippen LogP contribution in [-0.2, 0) is 0 Å². The van der Waals surface area contributed by atoms with E-state index in [-0.39, 0.29) is 12.1 Å². The Kier molecular flexibility index (Phi) is 8.46. The van der Waals surface area contributed by atoms with Gasteiger partial charge in [-0.3, -0.25) is 0 Å². The molecule has 0 rings (SSSR count). The Labute approximate surface area is 82.5 Å². The van der Waals surface area contributed by atoms with E-state index >= 15 is 0 Å². The fourth-order valence-electron chi connectivity index (χ4n) is 1.40. The minimum absolute atomic E-state index is 0.0221. The number of aliphatic hydroxyl groups is 1. The third kappa shape index (κ3) is 8.26. The highest BCUT2D eigenvalue weighted by Gasteiger charge is 2.07. The molecule has 0 amide bonds. The molecule has 0 saturated heterocycles. The van der Waals surface area contributed by atoms with E-state index in [1.807, 2.05) is 0 Å². The van der Waals surface area contributed by atoms with Gasteiger partial charge in [0.15, 0.2) is 0 Å². The van der Waals surface area contributed by atoms with Gasteiger partial charge in [0.25, 0.3) is 0 Å². The third-order valence-corrected chi connectivity index (χ3v) is 2.51. The number of aliphatic hydroxyl groups excluding tert-OH is 1. The Morgan fingerprint density at radius 3 is 2.15 bits per heavy atom. The van der Waals surface area contributed by atoms with Gasteiger partial charge in [0.1, 0.15) is 0 Å². The summed E-state index contributed by atoms with van der Waals surface area (Å²) in [6.45, 7) is 3.99. The summed E-state index contributed by atoms with van der Waals surface area (Å²) in [6, 6.07) is -0.0221. The van der Waals surface area contributed by atoms with Crippen LogP contribution in [0.25, 0.3) is 0 Å². The molecule has 0 heterocycles. The van der Waals surface area contributed by atoms with Crippen LogP contribution in [0.5, 0.6) is 0 Å². The van der Waals surface area contributed by atoms with Crippen LogP contribution in [0.4, 0.5) is 0 Å². The summed E-state index contributed by atoms with van der Waals surface area (Å²) in [4.78, 5) is 0. The average molecular weight is 187 g/mol. The Morgan fingerprint density at radius 1 is 1.08 bits per heavy atom. The SMILES string of the molecule is CCCCCCCCC(N)C(C)O. The highest BCUT2D eigenvalue weighted by atomic mass is 16.3. The second-order valence-electron chi connectivity index (χ2n) is 3.96. The van der Waals surface area contributed by atoms with Gasteiger partial charge in [0, 0.05) is 6.04 Å². The molecule has 2 unspecified atom stereocenters. The first-order chi connectivity index (χ1) is 6.18. The number of hydrogen-bond acceptors (Lipinski definition) is 2. The van der Waals surface area contributed by atoms with Crippen LogP contribution in [0.2, 0.25) is 0 Å². The molecule has 0 aromatic rings. The average Bonchev–Trinajstić information content (AvgIpc) is 2.10. The zero-order chi connectivity index (χ0) is 10.1. The molecule has 0 radical (unpaired) electrons. The molecular formula is C11H25NO. The summed E-state index contributed by atoms with van der Waals surface area (Å²) in [7, 11) is 0. The van der Waals surface area contributed by atoms with E-state index in [0.717, 1.165) is 12.8 Å². The van der Waals surface area contributed by atoms with Gasteiger partial charge in [0.2, 0.25) is 0 Å². The molecular weight excluding hydrogens is 162 g/mol. The predicted molar refractivity (Wildman–Crippen MR) is 57.6 cm³/mol. The van der Waals surface area contributed by atoms with E-state index in [9.17, 15) is 0 Å². The molecule has 0 aromatic carbocycles. The maximum Gasteiger partial charge on any atom is 0.0662 e. The fourth-order valence-corrected chi connectivity index (χ4v) is 1.40. The lowest BCUT2D eigenvalue weighted by atomic mass is 10.0. The Morgan fingerprint density at radius 2 is 1.62 bits per heavy atom. The molecule has 13 heavy (non-hydrogen) atoms. The molecule has 0 aliphatic heterocycles. The van der Waals surface area contributed by atoms with Crippen molar-refractivity contribution in [3.8, 4) is 0 Å². The molecule has 0 saturated carbocycles. The zero-order valence-corrected chi connectivity index (χ0v) is 9.13. The second-order valence-corrected chi connectivity index (χ2v) is 3.96. The van der Waals surface area contributed by atoms with Crippen LogP contribution in [0.1, 0.15) is 58.8 Å². The second kappa shape index (κ2) is 8.52. The minimum Gasteiger partial charge on any atom is -0.392 e. The van der Waals surface area contributed by atoms with Crippen molar-refractivity contribution in [1.82, 2.24) is 0 Å². The van der Waals surface area contributed by atoms with Crippen LogP contribution in [-0.4, -0.2) is 17.3 Å². The number of unbranched alkanes of at least 4 members (excludes halogenated alkanes) is 5. The maximum atomic E-state index is 9.14. The monoisotopic (exact) mass is 187 g/mol. The third-order valence-electron chi connectivity index (χ3n) is 2.51. The molecule has 0 aliphatic rings. The van der Waals surface area contributed by atoms with Crippen molar-refractivity contribution in [1.29, 1.82) is 0 Å². The predicted octanol–water partition coefficient (Wildman–Crippen LogP) is 2.45. The minimum atomic E-state index is -0.351. The van der Waals surface area contributed by atoms with Crippen LogP contribution in [0.3, 0.4) is 0 Å². The van der Waals surface area contributed by atoms with Crippen molar-refractivity contribution < 1.29 is 5.11 Å². The standard InChI is InChI=1S/C11H25NO/c1-3-4-5-6-7-8-9-11(12)10(2)13/h10-11,13H,3-9,12H2,1-2H3. The van der Waals surface area contributed by atoms with Gasteiger partial charge < -0.3 is 10.8 Å². The molecule has 0 aromatic heterocycles. The van der Waals surface area contributed by atoms with Crippen LogP contribution >= 0.6 is 0 Å². The van der Waals surface area contributed by atoms with Gasteiger partial charge in [-0.2, -0.15) is 0 Å². The van der Waals surface area contributed by atoms with E-state index < -0.39 is 0 Å². The molecule has 0 spiro atoms. The number of hydrogen-bond donors (Lipinski definition) is 2. The van der Waals surface area contributed by atoms with Gasteiger partial charge in [-0.05, 0) is 13.3 Å². The molecule has 0 aliphatic carbocycles. The van der Waals surface area contributed by atoms with Crippen molar-refractivity contribution in [2.24, 2.45) is 5.73 Å². The summed E-state index contributed by atoms with van der Waals surface area (Å²) in [5.41, 5.74) is 5.71. The number of nitrogens with two attached hydrogens (primary N) is 1. The number of rotatable bonds is 8. The fraction of sp³-hybridized carbons (Fsp3) is 1.00. The summed E-state index contributed by atoms with van der Waals surface area (Å²) >= 11 is 0. The first kappa shape index (κ1) is 12.9. The molecule has 0 fully saturated rings. The van der Waals surface area contributed by atoms with Crippen molar-refractivity contribution in [3.63, 3.8) is 0 Å². The Hall–Kier alpha value is -0.0800. The van der Waals surface area contributed by atoms with Gasteiger partial charge >= 0.3 is 0 Å². The molecule has 0 bridgehead atoms. The highest BCUT2D eigenvalue weighted by Crippen LogP contribution is 2.08. The molecule has 2 atom stereocenters. The first-order valence-corrected chi connectivity index (χ1v) is 5.62. The van der Waals surface area contributed by atoms with E-state index in [1.54, 1.807) is 6.92 Å². The first-order valence-electron chi connectivity index (χ1n) is 5.62. The van der Waals surface area contributed by atoms with Gasteiger partial charge in [-0.1, -0.05) is 45.4 Å². The summed E-state index contributed by atoms with van der Waals surface area (Å²) in [6.07, 6.45) is 8.35. The van der Waals surface area contributed by atoms with Crippen molar-refractivity contribution >= 4 is 0 Å². The molecule has 2 heteroatoms. The van der Waals surface area contributed by atoms with Crippen LogP contribution in [0.15, 0.2) is 0 Å². The van der Waals surface area contributed by atoms with E-state index in [4.69, 9.17) is 10.8 Å². The Bertz CT molecular complexity index is 104. The highest BCUT2D eigenvalue weighted by molar-refractivity contribution is 4.66. The van der Waals surface area contributed by atoms with Gasteiger partial charge in [-0.15, -0.1) is 0 Å².